The number of methoxy groups -OCH3 is 1. The third-order valence-electron chi connectivity index (χ3n) is 5.99. The zero-order valence-corrected chi connectivity index (χ0v) is 19.2. The summed E-state index contributed by atoms with van der Waals surface area (Å²) in [5.74, 6) is -0.457. The van der Waals surface area contributed by atoms with Crippen LogP contribution in [0, 0.1) is 0 Å². The van der Waals surface area contributed by atoms with Gasteiger partial charge in [-0.2, -0.15) is 0 Å². The Balaban J connectivity index is 1.90. The molecule has 7 nitrogen and oxygen atoms in total. The van der Waals surface area contributed by atoms with E-state index in [9.17, 15) is 9.59 Å². The normalized spacial score (nSPS) is 22.5. The fourth-order valence-electron chi connectivity index (χ4n) is 3.59. The lowest BCUT2D eigenvalue weighted by atomic mass is 9.76. The lowest BCUT2D eigenvalue weighted by molar-refractivity contribution is -0.147. The highest BCUT2D eigenvalue weighted by molar-refractivity contribution is 6.62. The maximum Gasteiger partial charge on any atom is 0.494 e. The number of nitrogens with zero attached hydrogens (tertiary/aromatic N) is 1. The van der Waals surface area contributed by atoms with Crippen molar-refractivity contribution in [3.8, 4) is 0 Å². The van der Waals surface area contributed by atoms with Crippen LogP contribution in [0.15, 0.2) is 18.2 Å². The maximum absolute atomic E-state index is 12.8. The van der Waals surface area contributed by atoms with Crippen molar-refractivity contribution in [1.82, 2.24) is 4.90 Å². The van der Waals surface area contributed by atoms with Crippen molar-refractivity contribution >= 4 is 24.6 Å². The van der Waals surface area contributed by atoms with E-state index >= 15 is 0 Å². The molecule has 0 aromatic heterocycles. The second kappa shape index (κ2) is 7.57. The highest BCUT2D eigenvalue weighted by Gasteiger charge is 2.52. The Labute approximate surface area is 179 Å². The summed E-state index contributed by atoms with van der Waals surface area (Å²) in [6.45, 7) is 13.7. The van der Waals surface area contributed by atoms with E-state index in [0.717, 1.165) is 16.6 Å². The SMILES string of the molecule is COC(=O)C1Cc2ccc(B3OC(C)(C)C(C)(C)O3)cc2CN1C(=O)OC(C)(C)C. The number of hydrogen-bond donors (Lipinski definition) is 0. The zero-order valence-electron chi connectivity index (χ0n) is 19.2. The van der Waals surface area contributed by atoms with E-state index < -0.39 is 42.0 Å². The van der Waals surface area contributed by atoms with Crippen molar-refractivity contribution in [1.29, 1.82) is 0 Å². The van der Waals surface area contributed by atoms with Crippen LogP contribution in [-0.2, 0) is 36.5 Å². The lowest BCUT2D eigenvalue weighted by Gasteiger charge is -2.36. The molecule has 1 aromatic carbocycles. The van der Waals surface area contributed by atoms with Crippen LogP contribution in [-0.4, -0.2) is 54.0 Å². The van der Waals surface area contributed by atoms with Gasteiger partial charge in [0.1, 0.15) is 11.6 Å². The standard InChI is InChI=1S/C22H32BNO6/c1-20(2,3)28-19(26)24-13-15-11-16(23-29-21(4,5)22(6,7)30-23)10-9-14(15)12-17(24)18(25)27-8/h9-11,17H,12-13H2,1-8H3. The van der Waals surface area contributed by atoms with Crippen molar-refractivity contribution in [3.05, 3.63) is 29.3 Å². The van der Waals surface area contributed by atoms with Crippen molar-refractivity contribution in [2.45, 2.75) is 84.3 Å². The first-order valence-electron chi connectivity index (χ1n) is 10.3. The summed E-state index contributed by atoms with van der Waals surface area (Å²) in [4.78, 5) is 26.6. The topological polar surface area (TPSA) is 74.3 Å². The third kappa shape index (κ3) is 4.35. The van der Waals surface area contributed by atoms with E-state index in [0.29, 0.717) is 6.42 Å². The second-order valence-corrected chi connectivity index (χ2v) is 9.97. The molecule has 1 saturated heterocycles. The predicted molar refractivity (Wildman–Crippen MR) is 113 cm³/mol. The predicted octanol–water partition coefficient (Wildman–Crippen LogP) is 2.82. The van der Waals surface area contributed by atoms with Crippen LogP contribution in [0.25, 0.3) is 0 Å². The largest absolute Gasteiger partial charge is 0.494 e. The second-order valence-electron chi connectivity index (χ2n) is 9.97. The molecule has 30 heavy (non-hydrogen) atoms. The lowest BCUT2D eigenvalue weighted by Crippen LogP contribution is -2.51. The van der Waals surface area contributed by atoms with E-state index in [1.165, 1.54) is 12.0 Å². The Bertz CT molecular complexity index is 829. The van der Waals surface area contributed by atoms with Gasteiger partial charge < -0.3 is 18.8 Å². The molecule has 1 atom stereocenters. The Hall–Kier alpha value is -2.06. The first-order valence-corrected chi connectivity index (χ1v) is 10.3. The van der Waals surface area contributed by atoms with Crippen molar-refractivity contribution < 1.29 is 28.4 Å². The number of carbonyl (C=O) groups is 2. The van der Waals surface area contributed by atoms with Gasteiger partial charge in [-0.05, 0) is 65.1 Å². The number of ether oxygens (including phenoxy) is 2. The molecule has 164 valence electrons. The van der Waals surface area contributed by atoms with Crippen LogP contribution in [0.5, 0.6) is 0 Å². The zero-order chi connectivity index (χ0) is 22.5. The summed E-state index contributed by atoms with van der Waals surface area (Å²) in [6, 6.07) is 5.19. The maximum atomic E-state index is 12.8. The van der Waals surface area contributed by atoms with Gasteiger partial charge in [0.2, 0.25) is 0 Å². The molecule has 1 aromatic rings. The van der Waals surface area contributed by atoms with Gasteiger partial charge in [0.15, 0.2) is 0 Å². The summed E-state index contributed by atoms with van der Waals surface area (Å²) in [5.41, 5.74) is 1.27. The molecule has 1 amide bonds. The van der Waals surface area contributed by atoms with Gasteiger partial charge >= 0.3 is 19.2 Å². The summed E-state index contributed by atoms with van der Waals surface area (Å²) >= 11 is 0. The fraction of sp³-hybridized carbons (Fsp3) is 0.636. The number of rotatable bonds is 2. The van der Waals surface area contributed by atoms with Gasteiger partial charge in [-0.15, -0.1) is 0 Å². The van der Waals surface area contributed by atoms with E-state index in [4.69, 9.17) is 18.8 Å². The van der Waals surface area contributed by atoms with Crippen LogP contribution >= 0.6 is 0 Å². The van der Waals surface area contributed by atoms with Gasteiger partial charge in [0.05, 0.1) is 24.9 Å². The molecule has 1 fully saturated rings. The average molecular weight is 417 g/mol. The van der Waals surface area contributed by atoms with E-state index in [1.54, 1.807) is 20.8 Å². The number of carbonyl (C=O) groups excluding carboxylic acids is 2. The highest BCUT2D eigenvalue weighted by atomic mass is 16.7. The minimum absolute atomic E-state index is 0.247. The van der Waals surface area contributed by atoms with Gasteiger partial charge in [-0.3, -0.25) is 4.90 Å². The highest BCUT2D eigenvalue weighted by Crippen LogP contribution is 2.37. The summed E-state index contributed by atoms with van der Waals surface area (Å²) < 4.78 is 22.8. The molecule has 0 radical (unpaired) electrons. The van der Waals surface area contributed by atoms with Crippen LogP contribution in [0.3, 0.4) is 0 Å². The molecular formula is C22H32BNO6. The molecule has 3 rings (SSSR count). The van der Waals surface area contributed by atoms with Crippen LogP contribution in [0.4, 0.5) is 4.79 Å². The molecule has 0 spiro atoms. The van der Waals surface area contributed by atoms with Crippen LogP contribution in [0.1, 0.15) is 59.6 Å². The van der Waals surface area contributed by atoms with Gasteiger partial charge in [0, 0.05) is 6.42 Å². The fourth-order valence-corrected chi connectivity index (χ4v) is 3.59. The van der Waals surface area contributed by atoms with E-state index in [1.807, 2.05) is 45.9 Å². The van der Waals surface area contributed by atoms with E-state index in [2.05, 4.69) is 0 Å². The quantitative estimate of drug-likeness (QED) is 0.544. The first kappa shape index (κ1) is 22.6. The minimum atomic E-state index is -0.722. The average Bonchev–Trinajstić information content (AvgIpc) is 2.85. The molecule has 8 heteroatoms. The molecule has 2 heterocycles. The Morgan fingerprint density at radius 1 is 1.10 bits per heavy atom. The van der Waals surface area contributed by atoms with Gasteiger partial charge in [-0.1, -0.05) is 18.2 Å². The Morgan fingerprint density at radius 2 is 1.70 bits per heavy atom. The van der Waals surface area contributed by atoms with Crippen LogP contribution in [0.2, 0.25) is 0 Å². The number of amides is 1. The minimum Gasteiger partial charge on any atom is -0.467 e. The molecule has 0 N–H and O–H groups in total. The van der Waals surface area contributed by atoms with Gasteiger partial charge in [0.25, 0.3) is 0 Å². The Morgan fingerprint density at radius 3 is 2.23 bits per heavy atom. The first-order chi connectivity index (χ1) is 13.7. The van der Waals surface area contributed by atoms with Crippen molar-refractivity contribution in [2.24, 2.45) is 0 Å². The number of hydrogen-bond acceptors (Lipinski definition) is 6. The molecule has 2 aliphatic rings. The smallest absolute Gasteiger partial charge is 0.467 e. The monoisotopic (exact) mass is 417 g/mol. The molecular weight excluding hydrogens is 385 g/mol. The molecule has 0 bridgehead atoms. The summed E-state index contributed by atoms with van der Waals surface area (Å²) in [7, 11) is 0.834. The third-order valence-corrected chi connectivity index (χ3v) is 5.99. The van der Waals surface area contributed by atoms with Gasteiger partial charge in [-0.25, -0.2) is 9.59 Å². The molecule has 2 aliphatic heterocycles. The van der Waals surface area contributed by atoms with Crippen molar-refractivity contribution in [2.75, 3.05) is 7.11 Å². The molecule has 1 unspecified atom stereocenters. The van der Waals surface area contributed by atoms with E-state index in [-0.39, 0.29) is 6.54 Å². The van der Waals surface area contributed by atoms with Crippen molar-refractivity contribution in [3.63, 3.8) is 0 Å². The van der Waals surface area contributed by atoms with Crippen LogP contribution < -0.4 is 5.46 Å². The number of esters is 1. The Kier molecular flexibility index (Phi) is 5.71. The number of benzene rings is 1. The summed E-state index contributed by atoms with van der Waals surface area (Å²) in [5, 5.41) is 0. The summed E-state index contributed by atoms with van der Waals surface area (Å²) in [6.07, 6.45) is -0.171. The number of fused-ring (bicyclic) bond motifs is 1. The molecule has 0 saturated carbocycles. The molecule has 0 aliphatic carbocycles.